The van der Waals surface area contributed by atoms with Crippen molar-refractivity contribution in [3.05, 3.63) is 59.7 Å². The highest BCUT2D eigenvalue weighted by Crippen LogP contribution is 2.20. The van der Waals surface area contributed by atoms with E-state index in [1.54, 1.807) is 0 Å². The molecule has 0 atom stereocenters. The number of hydrogen-bond acceptors (Lipinski definition) is 4. The Labute approximate surface area is 118 Å². The summed E-state index contributed by atoms with van der Waals surface area (Å²) >= 11 is 0. The van der Waals surface area contributed by atoms with E-state index in [9.17, 15) is 27.1 Å². The molecule has 0 unspecified atom stereocenters. The second-order valence-electron chi connectivity index (χ2n) is 4.05. The first-order chi connectivity index (χ1) is 9.79. The molecule has 0 saturated heterocycles. The van der Waals surface area contributed by atoms with Gasteiger partial charge in [0.1, 0.15) is 16.5 Å². The molecular weight excluding hydrogens is 304 g/mol. The molecule has 0 aromatic heterocycles. The zero-order valence-electron chi connectivity index (χ0n) is 10.3. The van der Waals surface area contributed by atoms with Gasteiger partial charge in [-0.2, -0.15) is 0 Å². The van der Waals surface area contributed by atoms with Crippen molar-refractivity contribution in [1.29, 1.82) is 0 Å². The van der Waals surface area contributed by atoms with Gasteiger partial charge >= 0.3 is 0 Å². The zero-order chi connectivity index (χ0) is 15.6. The van der Waals surface area contributed by atoms with Crippen molar-refractivity contribution in [3.8, 4) is 0 Å². The van der Waals surface area contributed by atoms with Crippen molar-refractivity contribution >= 4 is 21.7 Å². The number of aromatic carboxylic acids is 1. The van der Waals surface area contributed by atoms with Crippen LogP contribution in [0.15, 0.2) is 47.4 Å². The van der Waals surface area contributed by atoms with Crippen LogP contribution in [0, 0.1) is 11.6 Å². The van der Waals surface area contributed by atoms with Gasteiger partial charge in [-0.1, -0.05) is 12.1 Å². The number of carboxylic acid groups (broad SMARTS) is 1. The van der Waals surface area contributed by atoms with Gasteiger partial charge in [-0.05, 0) is 35.9 Å². The van der Waals surface area contributed by atoms with Crippen LogP contribution in [-0.4, -0.2) is 14.4 Å². The molecule has 0 aliphatic rings. The average molecular weight is 312 g/mol. The molecule has 110 valence electrons. The number of sulfonamides is 1. The Balaban J connectivity index is 2.40. The first-order valence-electron chi connectivity index (χ1n) is 5.59. The van der Waals surface area contributed by atoms with Crippen molar-refractivity contribution in [2.45, 2.75) is 4.90 Å². The molecule has 0 amide bonds. The Morgan fingerprint density at radius 3 is 2.48 bits per heavy atom. The molecule has 2 rings (SSSR count). The predicted octanol–water partition coefficient (Wildman–Crippen LogP) is 1.13. The summed E-state index contributed by atoms with van der Waals surface area (Å²) in [5, 5.41) is 10.7. The predicted molar refractivity (Wildman–Crippen MR) is 67.9 cm³/mol. The Kier molecular flexibility index (Phi) is 3.90. The standard InChI is InChI=1S/C13H9F2NO4S/c14-9-4-5-11(15)12(7-9)21(19,20)16-10-3-1-2-8(6-10)13(17)18/h1-7,16H,(H,17,18)/p-1. The number of carbonyl (C=O) groups excluding carboxylic acids is 1. The first kappa shape index (κ1) is 14.9. The van der Waals surface area contributed by atoms with Crippen LogP contribution in [0.4, 0.5) is 14.5 Å². The minimum atomic E-state index is -4.39. The molecule has 0 saturated carbocycles. The number of hydrogen-bond donors (Lipinski definition) is 1. The normalized spacial score (nSPS) is 11.1. The molecule has 0 spiro atoms. The fourth-order valence-electron chi connectivity index (χ4n) is 1.60. The lowest BCUT2D eigenvalue weighted by Crippen LogP contribution is -2.22. The number of carbonyl (C=O) groups is 1. The lowest BCUT2D eigenvalue weighted by molar-refractivity contribution is -0.255. The van der Waals surface area contributed by atoms with Gasteiger partial charge < -0.3 is 9.90 Å². The van der Waals surface area contributed by atoms with Gasteiger partial charge in [0.2, 0.25) is 0 Å². The van der Waals surface area contributed by atoms with E-state index >= 15 is 0 Å². The topological polar surface area (TPSA) is 86.3 Å². The third-order valence-electron chi connectivity index (χ3n) is 2.53. The number of anilines is 1. The van der Waals surface area contributed by atoms with E-state index in [0.717, 1.165) is 12.1 Å². The summed E-state index contributed by atoms with van der Waals surface area (Å²) in [6.45, 7) is 0. The molecule has 21 heavy (non-hydrogen) atoms. The van der Waals surface area contributed by atoms with Gasteiger partial charge in [-0.25, -0.2) is 17.2 Å². The summed E-state index contributed by atoms with van der Waals surface area (Å²) < 4.78 is 52.4. The molecule has 2 aromatic carbocycles. The Morgan fingerprint density at radius 2 is 1.81 bits per heavy atom. The van der Waals surface area contributed by atoms with Crippen molar-refractivity contribution in [2.75, 3.05) is 4.72 Å². The van der Waals surface area contributed by atoms with E-state index in [2.05, 4.69) is 0 Å². The number of halogens is 2. The van der Waals surface area contributed by atoms with E-state index < -0.39 is 32.5 Å². The van der Waals surface area contributed by atoms with Crippen LogP contribution in [0.3, 0.4) is 0 Å². The van der Waals surface area contributed by atoms with Crippen LogP contribution in [0.25, 0.3) is 0 Å². The van der Waals surface area contributed by atoms with Crippen LogP contribution in [-0.2, 0) is 10.0 Å². The lowest BCUT2D eigenvalue weighted by atomic mass is 10.2. The van der Waals surface area contributed by atoms with Crippen LogP contribution in [0.1, 0.15) is 10.4 Å². The molecule has 0 radical (unpaired) electrons. The molecule has 5 nitrogen and oxygen atoms in total. The SMILES string of the molecule is O=C([O-])c1cccc(NS(=O)(=O)c2cc(F)ccc2F)c1. The second kappa shape index (κ2) is 5.49. The van der Waals surface area contributed by atoms with Gasteiger partial charge in [-0.15, -0.1) is 0 Å². The summed E-state index contributed by atoms with van der Waals surface area (Å²) in [7, 11) is -4.39. The van der Waals surface area contributed by atoms with E-state index in [-0.39, 0.29) is 11.3 Å². The number of carboxylic acids is 1. The second-order valence-corrected chi connectivity index (χ2v) is 5.70. The summed E-state index contributed by atoms with van der Waals surface area (Å²) in [6, 6.07) is 6.75. The fourth-order valence-corrected chi connectivity index (χ4v) is 2.74. The minimum absolute atomic E-state index is 0.111. The zero-order valence-corrected chi connectivity index (χ0v) is 11.2. The summed E-state index contributed by atoms with van der Waals surface area (Å²) in [4.78, 5) is 9.82. The maximum Gasteiger partial charge on any atom is 0.264 e. The molecule has 0 aliphatic carbocycles. The molecule has 0 fully saturated rings. The summed E-state index contributed by atoms with van der Waals surface area (Å²) in [5.41, 5.74) is -0.365. The van der Waals surface area contributed by atoms with E-state index in [1.807, 2.05) is 4.72 Å². The number of benzene rings is 2. The van der Waals surface area contributed by atoms with Gasteiger partial charge in [0.05, 0.1) is 5.97 Å². The molecule has 1 N–H and O–H groups in total. The molecule has 0 bridgehead atoms. The summed E-state index contributed by atoms with van der Waals surface area (Å²) in [6.07, 6.45) is 0. The quantitative estimate of drug-likeness (QED) is 0.917. The van der Waals surface area contributed by atoms with Crippen molar-refractivity contribution in [2.24, 2.45) is 0 Å². The smallest absolute Gasteiger partial charge is 0.264 e. The minimum Gasteiger partial charge on any atom is -0.545 e. The van der Waals surface area contributed by atoms with E-state index in [4.69, 9.17) is 0 Å². The van der Waals surface area contributed by atoms with Crippen LogP contribution in [0.2, 0.25) is 0 Å². The maximum absolute atomic E-state index is 13.5. The average Bonchev–Trinajstić information content (AvgIpc) is 2.41. The third-order valence-corrected chi connectivity index (χ3v) is 3.93. The van der Waals surface area contributed by atoms with E-state index in [0.29, 0.717) is 12.1 Å². The molecule has 8 heteroatoms. The Hall–Kier alpha value is -2.48. The number of rotatable bonds is 4. The maximum atomic E-state index is 13.5. The number of nitrogens with one attached hydrogen (secondary N) is 1. The van der Waals surface area contributed by atoms with Gasteiger partial charge in [0.25, 0.3) is 10.0 Å². The van der Waals surface area contributed by atoms with Gasteiger partial charge in [0.15, 0.2) is 0 Å². The Morgan fingerprint density at radius 1 is 1.10 bits per heavy atom. The monoisotopic (exact) mass is 312 g/mol. The first-order valence-corrected chi connectivity index (χ1v) is 7.07. The largest absolute Gasteiger partial charge is 0.545 e. The lowest BCUT2D eigenvalue weighted by Gasteiger charge is -2.10. The van der Waals surface area contributed by atoms with Gasteiger partial charge in [-0.3, -0.25) is 4.72 Å². The van der Waals surface area contributed by atoms with Gasteiger partial charge in [0, 0.05) is 5.69 Å². The van der Waals surface area contributed by atoms with Crippen molar-refractivity contribution < 1.29 is 27.1 Å². The van der Waals surface area contributed by atoms with Crippen LogP contribution >= 0.6 is 0 Å². The molecule has 0 heterocycles. The fraction of sp³-hybridized carbons (Fsp3) is 0. The third kappa shape index (κ3) is 3.34. The highest BCUT2D eigenvalue weighted by molar-refractivity contribution is 7.92. The molecule has 0 aliphatic heterocycles. The van der Waals surface area contributed by atoms with E-state index in [1.165, 1.54) is 18.2 Å². The molecular formula is C13H8F2NO4S-. The van der Waals surface area contributed by atoms with Crippen molar-refractivity contribution in [1.82, 2.24) is 0 Å². The van der Waals surface area contributed by atoms with Crippen LogP contribution in [0.5, 0.6) is 0 Å². The highest BCUT2D eigenvalue weighted by Gasteiger charge is 2.20. The highest BCUT2D eigenvalue weighted by atomic mass is 32.2. The Bertz CT molecular complexity index is 806. The van der Waals surface area contributed by atoms with Crippen molar-refractivity contribution in [3.63, 3.8) is 0 Å². The molecule has 2 aromatic rings. The van der Waals surface area contributed by atoms with Crippen LogP contribution < -0.4 is 9.83 Å². The summed E-state index contributed by atoms with van der Waals surface area (Å²) in [5.74, 6) is -3.53.